The number of halogens is 3. The van der Waals surface area contributed by atoms with E-state index in [4.69, 9.17) is 28.9 Å². The molecular formula is C10H8Cl2FN3. The smallest absolute Gasteiger partial charge is 0.142 e. The zero-order valence-corrected chi connectivity index (χ0v) is 9.63. The molecule has 1 heterocycles. The van der Waals surface area contributed by atoms with Crippen LogP contribution in [0.5, 0.6) is 0 Å². The molecule has 3 nitrogen and oxygen atoms in total. The molecular weight excluding hydrogens is 252 g/mol. The molecule has 0 saturated carbocycles. The summed E-state index contributed by atoms with van der Waals surface area (Å²) >= 11 is 11.3. The Labute approximate surface area is 102 Å². The van der Waals surface area contributed by atoms with Crippen molar-refractivity contribution >= 4 is 29.0 Å². The molecule has 0 radical (unpaired) electrons. The van der Waals surface area contributed by atoms with Gasteiger partial charge < -0.3 is 5.73 Å². The molecule has 1 aromatic carbocycles. The number of hydrogen-bond acceptors (Lipinski definition) is 2. The number of nitrogen functional groups attached to an aromatic ring is 1. The molecule has 2 aromatic rings. The number of anilines is 1. The van der Waals surface area contributed by atoms with E-state index in [0.29, 0.717) is 22.9 Å². The monoisotopic (exact) mass is 259 g/mol. The summed E-state index contributed by atoms with van der Waals surface area (Å²) in [4.78, 5) is 0. The summed E-state index contributed by atoms with van der Waals surface area (Å²) < 4.78 is 14.7. The van der Waals surface area contributed by atoms with Gasteiger partial charge in [-0.15, -0.1) is 0 Å². The lowest BCUT2D eigenvalue weighted by atomic mass is 10.2. The zero-order valence-electron chi connectivity index (χ0n) is 8.12. The van der Waals surface area contributed by atoms with Crippen molar-refractivity contribution in [2.45, 2.75) is 6.54 Å². The van der Waals surface area contributed by atoms with Gasteiger partial charge in [-0.3, -0.25) is 0 Å². The van der Waals surface area contributed by atoms with Crippen LogP contribution in [0.2, 0.25) is 10.0 Å². The molecule has 0 aliphatic carbocycles. The molecule has 0 fully saturated rings. The Kier molecular flexibility index (Phi) is 3.03. The largest absolute Gasteiger partial charge is 0.383 e. The number of rotatable bonds is 2. The molecule has 0 unspecified atom stereocenters. The Bertz CT molecular complexity index is 525. The van der Waals surface area contributed by atoms with Crippen molar-refractivity contribution in [2.24, 2.45) is 0 Å². The van der Waals surface area contributed by atoms with Crippen molar-refractivity contribution < 1.29 is 4.39 Å². The summed E-state index contributed by atoms with van der Waals surface area (Å²) in [5, 5.41) is 4.44. The van der Waals surface area contributed by atoms with Crippen LogP contribution in [0.15, 0.2) is 24.4 Å². The fourth-order valence-corrected chi connectivity index (χ4v) is 1.57. The minimum absolute atomic E-state index is 0.0928. The molecule has 2 N–H and O–H groups in total. The Morgan fingerprint density at radius 1 is 1.31 bits per heavy atom. The maximum atomic E-state index is 13.2. The Morgan fingerprint density at radius 3 is 2.62 bits per heavy atom. The second-order valence-corrected chi connectivity index (χ2v) is 4.10. The highest BCUT2D eigenvalue weighted by Gasteiger charge is 2.07. The van der Waals surface area contributed by atoms with Crippen LogP contribution in [0, 0.1) is 5.82 Å². The minimum Gasteiger partial charge on any atom is -0.383 e. The summed E-state index contributed by atoms with van der Waals surface area (Å²) in [7, 11) is 0. The van der Waals surface area contributed by atoms with Gasteiger partial charge in [0.05, 0.1) is 17.8 Å². The van der Waals surface area contributed by atoms with Gasteiger partial charge in [-0.05, 0) is 17.7 Å². The lowest BCUT2D eigenvalue weighted by Gasteiger charge is -2.05. The average Bonchev–Trinajstić information content (AvgIpc) is 2.55. The first kappa shape index (κ1) is 11.2. The van der Waals surface area contributed by atoms with Gasteiger partial charge in [0, 0.05) is 0 Å². The molecule has 84 valence electrons. The molecule has 0 saturated heterocycles. The van der Waals surface area contributed by atoms with Gasteiger partial charge in [-0.2, -0.15) is 5.10 Å². The molecule has 0 atom stereocenters. The van der Waals surface area contributed by atoms with Gasteiger partial charge in [0.25, 0.3) is 0 Å². The number of nitrogens with zero attached hydrogens (tertiary/aromatic N) is 2. The molecule has 0 aliphatic rings. The predicted molar refractivity (Wildman–Crippen MR) is 62.2 cm³/mol. The molecule has 0 amide bonds. The van der Waals surface area contributed by atoms with Crippen LogP contribution in [-0.2, 0) is 6.54 Å². The van der Waals surface area contributed by atoms with E-state index in [-0.39, 0.29) is 5.02 Å². The van der Waals surface area contributed by atoms with Gasteiger partial charge in [0.1, 0.15) is 16.7 Å². The van der Waals surface area contributed by atoms with Crippen LogP contribution < -0.4 is 5.73 Å². The first-order valence-electron chi connectivity index (χ1n) is 4.48. The number of aromatic nitrogens is 2. The average molecular weight is 260 g/mol. The van der Waals surface area contributed by atoms with E-state index in [1.54, 1.807) is 6.07 Å². The van der Waals surface area contributed by atoms with Crippen LogP contribution in [0.25, 0.3) is 0 Å². The second kappa shape index (κ2) is 4.31. The van der Waals surface area contributed by atoms with Gasteiger partial charge in [-0.25, -0.2) is 9.07 Å². The lowest BCUT2D eigenvalue weighted by Crippen LogP contribution is -2.06. The maximum Gasteiger partial charge on any atom is 0.142 e. The van der Waals surface area contributed by atoms with Gasteiger partial charge in [0.15, 0.2) is 0 Å². The van der Waals surface area contributed by atoms with Gasteiger partial charge in [0.2, 0.25) is 0 Å². The van der Waals surface area contributed by atoms with E-state index in [1.165, 1.54) is 23.0 Å². The number of nitrogens with two attached hydrogens (primary N) is 1. The summed E-state index contributed by atoms with van der Waals surface area (Å²) in [5.74, 6) is -0.104. The standard InChI is InChI=1S/C10H8Cl2FN3/c11-7-2-1-6(3-9(7)13)5-16-10(14)8(12)4-15-16/h1-4H,5,14H2. The normalized spacial score (nSPS) is 10.7. The molecule has 2 rings (SSSR count). The number of benzene rings is 1. The first-order chi connectivity index (χ1) is 7.58. The summed E-state index contributed by atoms with van der Waals surface area (Å²) in [6.07, 6.45) is 1.45. The van der Waals surface area contributed by atoms with Crippen LogP contribution in [-0.4, -0.2) is 9.78 Å². The molecule has 0 spiro atoms. The third kappa shape index (κ3) is 2.13. The third-order valence-corrected chi connectivity index (χ3v) is 2.75. The van der Waals surface area contributed by atoms with Crippen LogP contribution in [0.3, 0.4) is 0 Å². The van der Waals surface area contributed by atoms with Crippen LogP contribution >= 0.6 is 23.2 Å². The van der Waals surface area contributed by atoms with Crippen LogP contribution in [0.1, 0.15) is 5.56 Å². The maximum absolute atomic E-state index is 13.2. The Morgan fingerprint density at radius 2 is 2.06 bits per heavy atom. The minimum atomic E-state index is -0.462. The van der Waals surface area contributed by atoms with E-state index >= 15 is 0 Å². The van der Waals surface area contributed by atoms with Crippen molar-refractivity contribution in [1.82, 2.24) is 9.78 Å². The molecule has 0 bridgehead atoms. The summed E-state index contributed by atoms with van der Waals surface area (Å²) in [5.41, 5.74) is 6.38. The van der Waals surface area contributed by atoms with E-state index in [2.05, 4.69) is 5.10 Å². The fourth-order valence-electron chi connectivity index (χ4n) is 1.31. The number of hydrogen-bond donors (Lipinski definition) is 1. The van der Waals surface area contributed by atoms with E-state index < -0.39 is 5.82 Å². The van der Waals surface area contributed by atoms with Crippen molar-refractivity contribution in [3.05, 3.63) is 45.8 Å². The highest BCUT2D eigenvalue weighted by Crippen LogP contribution is 2.20. The highest BCUT2D eigenvalue weighted by molar-refractivity contribution is 6.32. The SMILES string of the molecule is Nc1c(Cl)cnn1Cc1ccc(Cl)c(F)c1. The van der Waals surface area contributed by atoms with Crippen LogP contribution in [0.4, 0.5) is 10.2 Å². The van der Waals surface area contributed by atoms with Crippen molar-refractivity contribution in [1.29, 1.82) is 0 Å². The quantitative estimate of drug-likeness (QED) is 0.902. The Balaban J connectivity index is 2.27. The molecule has 1 aromatic heterocycles. The van der Waals surface area contributed by atoms with Crippen molar-refractivity contribution in [3.63, 3.8) is 0 Å². The zero-order chi connectivity index (χ0) is 11.7. The molecule has 0 aliphatic heterocycles. The fraction of sp³-hybridized carbons (Fsp3) is 0.100. The predicted octanol–water partition coefficient (Wildman–Crippen LogP) is 2.96. The molecule has 16 heavy (non-hydrogen) atoms. The third-order valence-electron chi connectivity index (χ3n) is 2.15. The first-order valence-corrected chi connectivity index (χ1v) is 5.24. The topological polar surface area (TPSA) is 43.8 Å². The van der Waals surface area contributed by atoms with Gasteiger partial charge in [-0.1, -0.05) is 29.3 Å². The van der Waals surface area contributed by atoms with E-state index in [9.17, 15) is 4.39 Å². The van der Waals surface area contributed by atoms with Crippen molar-refractivity contribution in [3.8, 4) is 0 Å². The lowest BCUT2D eigenvalue weighted by molar-refractivity contribution is 0.620. The summed E-state index contributed by atoms with van der Waals surface area (Å²) in [6, 6.07) is 4.55. The van der Waals surface area contributed by atoms with Crippen molar-refractivity contribution in [2.75, 3.05) is 5.73 Å². The van der Waals surface area contributed by atoms with E-state index in [1.807, 2.05) is 0 Å². The highest BCUT2D eigenvalue weighted by atomic mass is 35.5. The molecule has 6 heteroatoms. The van der Waals surface area contributed by atoms with E-state index in [0.717, 1.165) is 0 Å². The summed E-state index contributed by atoms with van der Waals surface area (Å²) in [6.45, 7) is 0.354. The second-order valence-electron chi connectivity index (χ2n) is 3.28. The van der Waals surface area contributed by atoms with Gasteiger partial charge >= 0.3 is 0 Å². The Hall–Kier alpha value is -1.26.